The smallest absolute Gasteiger partial charge is 0.130 e. The van der Waals surface area contributed by atoms with E-state index in [1.807, 2.05) is 13.2 Å². The fourth-order valence-corrected chi connectivity index (χ4v) is 2.03. The lowest BCUT2D eigenvalue weighted by molar-refractivity contribution is 0.393. The van der Waals surface area contributed by atoms with Gasteiger partial charge in [0.25, 0.3) is 0 Å². The summed E-state index contributed by atoms with van der Waals surface area (Å²) in [4.78, 5) is 4.47. The van der Waals surface area contributed by atoms with E-state index in [1.54, 1.807) is 6.20 Å². The zero-order valence-corrected chi connectivity index (χ0v) is 8.64. The molecule has 1 aliphatic rings. The van der Waals surface area contributed by atoms with Crippen molar-refractivity contribution in [1.82, 2.24) is 25.0 Å². The van der Waals surface area contributed by atoms with Gasteiger partial charge in [-0.2, -0.15) is 15.4 Å². The molecule has 5 nitrogen and oxygen atoms in total. The summed E-state index contributed by atoms with van der Waals surface area (Å²) in [6.07, 6.45) is 7.47. The normalized spacial score (nSPS) is 16.6. The van der Waals surface area contributed by atoms with E-state index in [4.69, 9.17) is 0 Å². The summed E-state index contributed by atoms with van der Waals surface area (Å²) in [7, 11) is 2.05. The topological polar surface area (TPSA) is 59.4 Å². The van der Waals surface area contributed by atoms with E-state index in [9.17, 15) is 0 Å². The average molecular weight is 203 g/mol. The maximum atomic E-state index is 4.47. The van der Waals surface area contributed by atoms with Crippen molar-refractivity contribution in [2.75, 3.05) is 0 Å². The van der Waals surface area contributed by atoms with Gasteiger partial charge in [0.2, 0.25) is 0 Å². The van der Waals surface area contributed by atoms with Crippen molar-refractivity contribution in [1.29, 1.82) is 0 Å². The first-order valence-corrected chi connectivity index (χ1v) is 5.24. The predicted octanol–water partition coefficient (Wildman–Crippen LogP) is 1.47. The van der Waals surface area contributed by atoms with Crippen molar-refractivity contribution in [2.45, 2.75) is 25.2 Å². The zero-order chi connectivity index (χ0) is 10.3. The van der Waals surface area contributed by atoms with Crippen LogP contribution < -0.4 is 0 Å². The number of nitrogens with zero attached hydrogens (tertiary/aromatic N) is 4. The maximum Gasteiger partial charge on any atom is 0.130 e. The Balaban J connectivity index is 2.00. The number of aromatic amines is 1. The van der Waals surface area contributed by atoms with Gasteiger partial charge in [-0.15, -0.1) is 0 Å². The Morgan fingerprint density at radius 1 is 1.40 bits per heavy atom. The summed E-state index contributed by atoms with van der Waals surface area (Å²) < 4.78 is 2.13. The summed E-state index contributed by atoms with van der Waals surface area (Å²) in [5.41, 5.74) is 1.89. The lowest BCUT2D eigenvalue weighted by Crippen LogP contribution is -2.14. The van der Waals surface area contributed by atoms with Gasteiger partial charge in [0.15, 0.2) is 0 Å². The molecule has 0 radical (unpaired) electrons. The fourth-order valence-electron chi connectivity index (χ4n) is 2.03. The third-order valence-corrected chi connectivity index (χ3v) is 3.17. The highest BCUT2D eigenvalue weighted by atomic mass is 15.3. The first kappa shape index (κ1) is 8.64. The van der Waals surface area contributed by atoms with Crippen molar-refractivity contribution in [3.05, 3.63) is 18.2 Å². The van der Waals surface area contributed by atoms with Crippen LogP contribution in [-0.4, -0.2) is 25.0 Å². The first-order chi connectivity index (χ1) is 7.36. The Morgan fingerprint density at radius 3 is 2.87 bits per heavy atom. The Morgan fingerprint density at radius 2 is 2.27 bits per heavy atom. The van der Waals surface area contributed by atoms with E-state index >= 15 is 0 Å². The maximum absolute atomic E-state index is 4.47. The van der Waals surface area contributed by atoms with E-state index in [0.29, 0.717) is 5.92 Å². The average Bonchev–Trinajstić information content (AvgIpc) is 2.74. The number of nitrogens with one attached hydrogen (secondary N) is 1. The Kier molecular flexibility index (Phi) is 1.83. The van der Waals surface area contributed by atoms with Crippen LogP contribution in [0, 0.1) is 0 Å². The van der Waals surface area contributed by atoms with Crippen LogP contribution in [0.3, 0.4) is 0 Å². The second kappa shape index (κ2) is 3.18. The molecule has 0 saturated heterocycles. The van der Waals surface area contributed by atoms with Crippen LogP contribution in [0.4, 0.5) is 0 Å². The SMILES string of the molecule is Cn1c(-c2cn[nH]n2)cnc1C1CCC1. The van der Waals surface area contributed by atoms with Crippen LogP contribution in [0.5, 0.6) is 0 Å². The molecule has 2 heterocycles. The molecule has 78 valence electrons. The van der Waals surface area contributed by atoms with Gasteiger partial charge >= 0.3 is 0 Å². The molecule has 15 heavy (non-hydrogen) atoms. The standard InChI is InChI=1S/C10H13N5/c1-15-9(8-5-12-14-13-8)6-11-10(15)7-3-2-4-7/h5-7H,2-4H2,1H3,(H,12,13,14). The highest BCUT2D eigenvalue weighted by Gasteiger charge is 2.24. The summed E-state index contributed by atoms with van der Waals surface area (Å²) in [6, 6.07) is 0. The van der Waals surface area contributed by atoms with Crippen molar-refractivity contribution in [3.8, 4) is 11.4 Å². The molecule has 0 aliphatic heterocycles. The summed E-state index contributed by atoms with van der Waals surface area (Å²) in [6.45, 7) is 0. The Bertz CT molecular complexity index is 452. The van der Waals surface area contributed by atoms with Gasteiger partial charge < -0.3 is 4.57 Å². The largest absolute Gasteiger partial charge is 0.330 e. The van der Waals surface area contributed by atoms with Crippen LogP contribution in [0.1, 0.15) is 31.0 Å². The second-order valence-corrected chi connectivity index (χ2v) is 4.04. The van der Waals surface area contributed by atoms with Gasteiger partial charge in [-0.1, -0.05) is 6.42 Å². The van der Waals surface area contributed by atoms with Gasteiger partial charge in [0, 0.05) is 13.0 Å². The van der Waals surface area contributed by atoms with Crippen LogP contribution >= 0.6 is 0 Å². The number of aromatic nitrogens is 5. The van der Waals surface area contributed by atoms with Gasteiger partial charge in [0.1, 0.15) is 11.5 Å². The van der Waals surface area contributed by atoms with Crippen molar-refractivity contribution >= 4 is 0 Å². The summed E-state index contributed by atoms with van der Waals surface area (Å²) in [5.74, 6) is 1.83. The lowest BCUT2D eigenvalue weighted by Gasteiger charge is -2.24. The van der Waals surface area contributed by atoms with Gasteiger partial charge in [-0.3, -0.25) is 0 Å². The van der Waals surface area contributed by atoms with E-state index in [1.165, 1.54) is 25.1 Å². The minimum absolute atomic E-state index is 0.649. The van der Waals surface area contributed by atoms with Crippen molar-refractivity contribution in [3.63, 3.8) is 0 Å². The van der Waals surface area contributed by atoms with Gasteiger partial charge in [-0.25, -0.2) is 4.98 Å². The molecular weight excluding hydrogens is 190 g/mol. The molecule has 2 aromatic heterocycles. The monoisotopic (exact) mass is 203 g/mol. The molecule has 0 aromatic carbocycles. The van der Waals surface area contributed by atoms with Gasteiger partial charge in [0.05, 0.1) is 18.1 Å². The molecule has 1 aliphatic carbocycles. The van der Waals surface area contributed by atoms with Crippen molar-refractivity contribution in [2.24, 2.45) is 7.05 Å². The molecule has 2 aromatic rings. The fraction of sp³-hybridized carbons (Fsp3) is 0.500. The van der Waals surface area contributed by atoms with E-state index in [2.05, 4.69) is 25.0 Å². The molecule has 1 fully saturated rings. The number of rotatable bonds is 2. The van der Waals surface area contributed by atoms with E-state index in [0.717, 1.165) is 11.4 Å². The molecule has 0 atom stereocenters. The molecule has 5 heteroatoms. The summed E-state index contributed by atoms with van der Waals surface area (Å²) >= 11 is 0. The third-order valence-electron chi connectivity index (χ3n) is 3.17. The van der Waals surface area contributed by atoms with E-state index < -0.39 is 0 Å². The van der Waals surface area contributed by atoms with Crippen LogP contribution in [0.25, 0.3) is 11.4 Å². The highest BCUT2D eigenvalue weighted by molar-refractivity contribution is 5.52. The molecule has 0 unspecified atom stereocenters. The first-order valence-electron chi connectivity index (χ1n) is 5.24. The third kappa shape index (κ3) is 1.26. The molecule has 0 spiro atoms. The molecule has 1 saturated carbocycles. The number of hydrogen-bond donors (Lipinski definition) is 1. The zero-order valence-electron chi connectivity index (χ0n) is 8.64. The molecule has 1 N–H and O–H groups in total. The Labute approximate surface area is 87.5 Å². The molecular formula is C10H13N5. The minimum atomic E-state index is 0.649. The summed E-state index contributed by atoms with van der Waals surface area (Å²) in [5, 5.41) is 10.5. The Hall–Kier alpha value is -1.65. The quantitative estimate of drug-likeness (QED) is 0.804. The molecule has 3 rings (SSSR count). The van der Waals surface area contributed by atoms with E-state index in [-0.39, 0.29) is 0 Å². The van der Waals surface area contributed by atoms with Crippen LogP contribution in [0.2, 0.25) is 0 Å². The molecule has 0 amide bonds. The second-order valence-electron chi connectivity index (χ2n) is 4.04. The number of imidazole rings is 1. The number of H-pyrrole nitrogens is 1. The van der Waals surface area contributed by atoms with Crippen LogP contribution in [-0.2, 0) is 7.05 Å². The lowest BCUT2D eigenvalue weighted by atomic mass is 9.85. The highest BCUT2D eigenvalue weighted by Crippen LogP contribution is 2.36. The minimum Gasteiger partial charge on any atom is -0.330 e. The predicted molar refractivity (Wildman–Crippen MR) is 55.2 cm³/mol. The number of hydrogen-bond acceptors (Lipinski definition) is 3. The van der Waals surface area contributed by atoms with Crippen molar-refractivity contribution < 1.29 is 0 Å². The molecule has 0 bridgehead atoms. The van der Waals surface area contributed by atoms with Gasteiger partial charge in [-0.05, 0) is 12.8 Å². The van der Waals surface area contributed by atoms with Crippen LogP contribution in [0.15, 0.2) is 12.4 Å².